The van der Waals surface area contributed by atoms with Crippen LogP contribution in [0.2, 0.25) is 0 Å². The molecule has 0 aromatic carbocycles. The van der Waals surface area contributed by atoms with Crippen LogP contribution >= 0.6 is 0 Å². The molecular formula is C25H52O. The summed E-state index contributed by atoms with van der Waals surface area (Å²) in [4.78, 5) is 0. The van der Waals surface area contributed by atoms with Gasteiger partial charge in [-0.2, -0.15) is 0 Å². The van der Waals surface area contributed by atoms with Crippen molar-refractivity contribution in [2.75, 3.05) is 6.61 Å². The molecule has 0 unspecified atom stereocenters. The number of unbranched alkanes of at least 4 members (excludes halogenated alkanes) is 12. The molecule has 0 amide bonds. The highest BCUT2D eigenvalue weighted by molar-refractivity contribution is 4.80. The second kappa shape index (κ2) is 19.7. The zero-order chi connectivity index (χ0) is 19.3. The molecule has 0 rings (SSSR count). The van der Waals surface area contributed by atoms with Crippen molar-refractivity contribution in [1.82, 2.24) is 0 Å². The third kappa shape index (κ3) is 15.1. The molecule has 0 aliphatic rings. The smallest absolute Gasteiger partial charge is 0.0431 e. The highest BCUT2D eigenvalue weighted by atomic mass is 16.2. The third-order valence-corrected chi connectivity index (χ3v) is 6.30. The topological polar surface area (TPSA) is 20.2 Å². The van der Waals surface area contributed by atoms with Crippen molar-refractivity contribution in [1.29, 1.82) is 0 Å². The van der Waals surface area contributed by atoms with Gasteiger partial charge < -0.3 is 5.11 Å². The zero-order valence-electron chi connectivity index (χ0n) is 18.8. The summed E-state index contributed by atoms with van der Waals surface area (Å²) >= 11 is 0. The molecule has 26 heavy (non-hydrogen) atoms. The molecule has 0 aliphatic carbocycles. The number of hydrogen-bond acceptors (Lipinski definition) is 1. The van der Waals surface area contributed by atoms with Crippen LogP contribution in [0.5, 0.6) is 0 Å². The third-order valence-electron chi connectivity index (χ3n) is 6.30. The largest absolute Gasteiger partial charge is 0.396 e. The molecule has 1 N–H and O–H groups in total. The zero-order valence-corrected chi connectivity index (χ0v) is 18.8. The van der Waals surface area contributed by atoms with E-state index in [0.29, 0.717) is 12.0 Å². The Balaban J connectivity index is 4.44. The van der Waals surface area contributed by atoms with Gasteiger partial charge in [-0.3, -0.25) is 0 Å². The Morgan fingerprint density at radius 1 is 0.423 bits per heavy atom. The van der Waals surface area contributed by atoms with Gasteiger partial charge >= 0.3 is 0 Å². The fourth-order valence-electron chi connectivity index (χ4n) is 4.47. The number of hydrogen-bond donors (Lipinski definition) is 1. The highest BCUT2D eigenvalue weighted by Gasteiger charge is 2.27. The number of rotatable bonds is 21. The van der Waals surface area contributed by atoms with E-state index in [4.69, 9.17) is 0 Å². The van der Waals surface area contributed by atoms with Crippen LogP contribution in [0.25, 0.3) is 0 Å². The summed E-state index contributed by atoms with van der Waals surface area (Å²) in [7, 11) is 0. The van der Waals surface area contributed by atoms with Crippen LogP contribution in [0.1, 0.15) is 149 Å². The molecule has 0 saturated carbocycles. The van der Waals surface area contributed by atoms with Crippen LogP contribution in [0.4, 0.5) is 0 Å². The molecule has 0 heterocycles. The van der Waals surface area contributed by atoms with Gasteiger partial charge in [0.1, 0.15) is 0 Å². The molecule has 0 radical (unpaired) electrons. The van der Waals surface area contributed by atoms with Gasteiger partial charge in [0.05, 0.1) is 0 Å². The summed E-state index contributed by atoms with van der Waals surface area (Å²) in [6, 6.07) is 0. The molecule has 158 valence electrons. The fourth-order valence-corrected chi connectivity index (χ4v) is 4.47. The van der Waals surface area contributed by atoms with Gasteiger partial charge in [0, 0.05) is 6.61 Å². The first-order chi connectivity index (χ1) is 12.7. The van der Waals surface area contributed by atoms with Crippen LogP contribution in [-0.4, -0.2) is 11.7 Å². The summed E-state index contributed by atoms with van der Waals surface area (Å²) in [6.07, 6.45) is 27.6. The molecule has 0 aliphatic heterocycles. The van der Waals surface area contributed by atoms with Gasteiger partial charge in [-0.25, -0.2) is 0 Å². The van der Waals surface area contributed by atoms with Crippen LogP contribution in [-0.2, 0) is 0 Å². The molecular weight excluding hydrogens is 316 g/mol. The van der Waals surface area contributed by atoms with E-state index in [1.165, 1.54) is 122 Å². The number of aliphatic hydroxyl groups is 1. The standard InChI is InChI=1S/C25H52O/c1-4-7-10-12-14-16-21-25(20-9-6-3,23-18-19-24-26)22-17-15-13-11-8-5-2/h26H,4-24H2,1-3H3. The molecule has 0 aromatic heterocycles. The predicted molar refractivity (Wildman–Crippen MR) is 119 cm³/mol. The Bertz CT molecular complexity index is 245. The van der Waals surface area contributed by atoms with Gasteiger partial charge in [0.15, 0.2) is 0 Å². The van der Waals surface area contributed by atoms with E-state index in [-0.39, 0.29) is 0 Å². The van der Waals surface area contributed by atoms with Gasteiger partial charge in [0.25, 0.3) is 0 Å². The maximum absolute atomic E-state index is 9.23. The van der Waals surface area contributed by atoms with Crippen LogP contribution < -0.4 is 0 Å². The van der Waals surface area contributed by atoms with E-state index in [1.54, 1.807) is 0 Å². The van der Waals surface area contributed by atoms with E-state index in [0.717, 1.165) is 6.42 Å². The first-order valence-electron chi connectivity index (χ1n) is 12.4. The van der Waals surface area contributed by atoms with Crippen molar-refractivity contribution >= 4 is 0 Å². The van der Waals surface area contributed by atoms with E-state index in [2.05, 4.69) is 20.8 Å². The summed E-state index contributed by atoms with van der Waals surface area (Å²) in [5, 5.41) is 9.23. The lowest BCUT2D eigenvalue weighted by atomic mass is 9.71. The number of aliphatic hydroxyl groups excluding tert-OH is 1. The van der Waals surface area contributed by atoms with Crippen LogP contribution in [0.3, 0.4) is 0 Å². The SMILES string of the molecule is CCCCCCCCC(CCCC)(CCCCO)CCCCCCCC. The quantitative estimate of drug-likeness (QED) is 0.201. The van der Waals surface area contributed by atoms with Crippen molar-refractivity contribution in [3.8, 4) is 0 Å². The maximum atomic E-state index is 9.23. The lowest BCUT2D eigenvalue weighted by molar-refractivity contribution is 0.167. The van der Waals surface area contributed by atoms with Crippen LogP contribution in [0, 0.1) is 5.41 Å². The fraction of sp³-hybridized carbons (Fsp3) is 1.00. The molecule has 0 bridgehead atoms. The summed E-state index contributed by atoms with van der Waals surface area (Å²) in [5.41, 5.74) is 0.584. The molecule has 0 spiro atoms. The normalized spacial score (nSPS) is 12.0. The second-order valence-corrected chi connectivity index (χ2v) is 8.82. The Hall–Kier alpha value is -0.0400. The van der Waals surface area contributed by atoms with Crippen molar-refractivity contribution in [2.24, 2.45) is 5.41 Å². The van der Waals surface area contributed by atoms with Crippen molar-refractivity contribution in [3.05, 3.63) is 0 Å². The Kier molecular flexibility index (Phi) is 19.7. The average molecular weight is 369 g/mol. The van der Waals surface area contributed by atoms with Gasteiger partial charge in [-0.05, 0) is 37.5 Å². The van der Waals surface area contributed by atoms with Crippen molar-refractivity contribution in [2.45, 2.75) is 149 Å². The molecule has 1 nitrogen and oxygen atoms in total. The van der Waals surface area contributed by atoms with E-state index < -0.39 is 0 Å². The van der Waals surface area contributed by atoms with Crippen molar-refractivity contribution < 1.29 is 5.11 Å². The first-order valence-corrected chi connectivity index (χ1v) is 12.4. The molecule has 1 heteroatoms. The Morgan fingerprint density at radius 3 is 1.19 bits per heavy atom. The lowest BCUT2D eigenvalue weighted by Gasteiger charge is -2.35. The minimum atomic E-state index is 0.373. The summed E-state index contributed by atoms with van der Waals surface area (Å²) in [6.45, 7) is 7.32. The molecule has 0 saturated heterocycles. The van der Waals surface area contributed by atoms with Crippen LogP contribution in [0.15, 0.2) is 0 Å². The van der Waals surface area contributed by atoms with E-state index in [1.807, 2.05) is 0 Å². The van der Waals surface area contributed by atoms with Gasteiger partial charge in [0.2, 0.25) is 0 Å². The Morgan fingerprint density at radius 2 is 0.769 bits per heavy atom. The van der Waals surface area contributed by atoms with Gasteiger partial charge in [-0.15, -0.1) is 0 Å². The van der Waals surface area contributed by atoms with Crippen molar-refractivity contribution in [3.63, 3.8) is 0 Å². The minimum absolute atomic E-state index is 0.373. The van der Waals surface area contributed by atoms with Gasteiger partial charge in [-0.1, -0.05) is 117 Å². The first kappa shape index (κ1) is 26.0. The summed E-state index contributed by atoms with van der Waals surface area (Å²) < 4.78 is 0. The Labute approximate surface area is 166 Å². The van der Waals surface area contributed by atoms with E-state index in [9.17, 15) is 5.11 Å². The lowest BCUT2D eigenvalue weighted by Crippen LogP contribution is -2.21. The predicted octanol–water partition coefficient (Wildman–Crippen LogP) is 8.83. The molecule has 0 fully saturated rings. The highest BCUT2D eigenvalue weighted by Crippen LogP contribution is 2.41. The monoisotopic (exact) mass is 368 g/mol. The summed E-state index contributed by atoms with van der Waals surface area (Å²) in [5.74, 6) is 0. The molecule has 0 aromatic rings. The molecule has 0 atom stereocenters. The second-order valence-electron chi connectivity index (χ2n) is 8.82. The minimum Gasteiger partial charge on any atom is -0.396 e. The average Bonchev–Trinajstić information content (AvgIpc) is 2.65. The van der Waals surface area contributed by atoms with E-state index >= 15 is 0 Å². The maximum Gasteiger partial charge on any atom is 0.0431 e.